The molecule has 4 N–H and O–H groups in total. The van der Waals surface area contributed by atoms with Crippen LogP contribution in [0, 0.1) is 5.41 Å². The van der Waals surface area contributed by atoms with Crippen molar-refractivity contribution in [2.45, 2.75) is 12.8 Å². The summed E-state index contributed by atoms with van der Waals surface area (Å²) in [6.07, 6.45) is 3.32. The van der Waals surface area contributed by atoms with E-state index >= 15 is 0 Å². The first-order chi connectivity index (χ1) is 15.9. The van der Waals surface area contributed by atoms with Crippen LogP contribution in [0.15, 0.2) is 52.5 Å². The number of carbonyl (C=O) groups excluding carboxylic acids is 2. The molecule has 0 fully saturated rings. The second kappa shape index (κ2) is 6.89. The van der Waals surface area contributed by atoms with Crippen molar-refractivity contribution in [2.75, 3.05) is 12.4 Å². The SMILES string of the molecule is COc1ccc2c(c1)C(=O)c1cc(NC(=N)N)c3c4c(ccc-2c14)C(=O)C1=C3CCC(Br)=C1. The van der Waals surface area contributed by atoms with Crippen LogP contribution in [-0.4, -0.2) is 24.6 Å². The molecule has 0 spiro atoms. The Hall–Kier alpha value is -3.71. The standard InChI is InChI=1S/C26H18BrN3O3/c1-33-12-3-5-13-14-6-7-16-23-21(14)19(25(32)18(13)9-12)10-20(30-26(28)29)22(23)15-4-2-11(27)8-17(15)24(16)31/h3,5-10H,2,4H2,1H3,(H4,28,29,30). The predicted octanol–water partition coefficient (Wildman–Crippen LogP) is 5.39. The molecule has 3 aliphatic carbocycles. The van der Waals surface area contributed by atoms with Crippen LogP contribution < -0.4 is 15.8 Å². The van der Waals surface area contributed by atoms with Gasteiger partial charge in [0.1, 0.15) is 5.75 Å². The van der Waals surface area contributed by atoms with Gasteiger partial charge < -0.3 is 15.8 Å². The number of fused-ring (bicyclic) bond motifs is 3. The molecule has 0 heterocycles. The molecule has 0 unspecified atom stereocenters. The Kier molecular flexibility index (Phi) is 4.16. The number of hydrogen-bond donors (Lipinski definition) is 3. The average Bonchev–Trinajstić information content (AvgIpc) is 2.80. The second-order valence-corrected chi connectivity index (χ2v) is 9.37. The number of allylic oxidation sites excluding steroid dienone is 4. The highest BCUT2D eigenvalue weighted by molar-refractivity contribution is 9.11. The summed E-state index contributed by atoms with van der Waals surface area (Å²) in [6, 6.07) is 11.0. The van der Waals surface area contributed by atoms with Gasteiger partial charge in [0, 0.05) is 44.3 Å². The number of nitrogens with two attached hydrogens (primary N) is 1. The van der Waals surface area contributed by atoms with Gasteiger partial charge >= 0.3 is 0 Å². The molecule has 0 saturated carbocycles. The quantitative estimate of drug-likeness (QED) is 0.253. The highest BCUT2D eigenvalue weighted by atomic mass is 79.9. The third-order valence-corrected chi connectivity index (χ3v) is 7.21. The van der Waals surface area contributed by atoms with Crippen molar-refractivity contribution >= 4 is 55.5 Å². The zero-order valence-electron chi connectivity index (χ0n) is 17.6. The summed E-state index contributed by atoms with van der Waals surface area (Å²) < 4.78 is 6.32. The number of rotatable bonds is 2. The Labute approximate surface area is 197 Å². The Bertz CT molecular complexity index is 1550. The number of anilines is 1. The van der Waals surface area contributed by atoms with Crippen molar-refractivity contribution in [3.63, 3.8) is 0 Å². The van der Waals surface area contributed by atoms with E-state index in [9.17, 15) is 9.59 Å². The smallest absolute Gasteiger partial charge is 0.194 e. The summed E-state index contributed by atoms with van der Waals surface area (Å²) in [5.41, 5.74) is 12.0. The molecule has 0 amide bonds. The van der Waals surface area contributed by atoms with Crippen LogP contribution in [0.1, 0.15) is 44.7 Å². The van der Waals surface area contributed by atoms with Gasteiger partial charge in [0.05, 0.1) is 7.11 Å². The van der Waals surface area contributed by atoms with Gasteiger partial charge in [-0.05, 0) is 70.4 Å². The van der Waals surface area contributed by atoms with E-state index in [4.69, 9.17) is 15.9 Å². The molecular weight excluding hydrogens is 482 g/mol. The van der Waals surface area contributed by atoms with E-state index in [1.165, 1.54) is 0 Å². The van der Waals surface area contributed by atoms with Gasteiger partial charge in [0.25, 0.3) is 0 Å². The van der Waals surface area contributed by atoms with Gasteiger partial charge in [-0.1, -0.05) is 22.0 Å². The van der Waals surface area contributed by atoms with E-state index in [1.807, 2.05) is 30.3 Å². The Morgan fingerprint density at radius 1 is 0.970 bits per heavy atom. The lowest BCUT2D eigenvalue weighted by Gasteiger charge is -2.30. The lowest BCUT2D eigenvalue weighted by molar-refractivity contribution is 0.103. The van der Waals surface area contributed by atoms with Gasteiger partial charge in [-0.15, -0.1) is 0 Å². The molecule has 3 aromatic rings. The van der Waals surface area contributed by atoms with Gasteiger partial charge in [-0.3, -0.25) is 15.0 Å². The molecule has 3 aromatic carbocycles. The van der Waals surface area contributed by atoms with Crippen molar-refractivity contribution in [1.82, 2.24) is 0 Å². The van der Waals surface area contributed by atoms with Crippen LogP contribution in [0.5, 0.6) is 5.75 Å². The monoisotopic (exact) mass is 499 g/mol. The van der Waals surface area contributed by atoms with E-state index in [1.54, 1.807) is 19.2 Å². The fourth-order valence-electron chi connectivity index (χ4n) is 5.24. The minimum Gasteiger partial charge on any atom is -0.497 e. The van der Waals surface area contributed by atoms with Crippen LogP contribution in [-0.2, 0) is 0 Å². The molecule has 3 aliphatic rings. The third-order valence-electron chi connectivity index (χ3n) is 6.59. The van der Waals surface area contributed by atoms with Crippen LogP contribution in [0.4, 0.5) is 5.69 Å². The summed E-state index contributed by atoms with van der Waals surface area (Å²) in [5.74, 6) is 0.167. The highest BCUT2D eigenvalue weighted by Crippen LogP contribution is 2.51. The van der Waals surface area contributed by atoms with Gasteiger partial charge in [-0.25, -0.2) is 0 Å². The molecule has 162 valence electrons. The highest BCUT2D eigenvalue weighted by Gasteiger charge is 2.36. The Morgan fingerprint density at radius 3 is 2.48 bits per heavy atom. The third kappa shape index (κ3) is 2.69. The van der Waals surface area contributed by atoms with Crippen molar-refractivity contribution in [3.8, 4) is 16.9 Å². The van der Waals surface area contributed by atoms with Crippen LogP contribution >= 0.6 is 15.9 Å². The van der Waals surface area contributed by atoms with E-state index in [2.05, 4.69) is 21.2 Å². The Morgan fingerprint density at radius 2 is 1.73 bits per heavy atom. The minimum atomic E-state index is -0.229. The fourth-order valence-corrected chi connectivity index (χ4v) is 5.66. The molecule has 33 heavy (non-hydrogen) atoms. The summed E-state index contributed by atoms with van der Waals surface area (Å²) in [4.78, 5) is 27.2. The number of guanidine groups is 1. The number of methoxy groups -OCH3 is 1. The van der Waals surface area contributed by atoms with E-state index in [0.717, 1.165) is 43.9 Å². The van der Waals surface area contributed by atoms with Crippen LogP contribution in [0.3, 0.4) is 0 Å². The zero-order chi connectivity index (χ0) is 23.0. The number of hydrogen-bond acceptors (Lipinski definition) is 4. The summed E-state index contributed by atoms with van der Waals surface area (Å²) >= 11 is 3.54. The van der Waals surface area contributed by atoms with Crippen LogP contribution in [0.2, 0.25) is 0 Å². The summed E-state index contributed by atoms with van der Waals surface area (Å²) in [6.45, 7) is 0. The number of nitrogens with one attached hydrogen (secondary N) is 2. The van der Waals surface area contributed by atoms with Crippen molar-refractivity contribution < 1.29 is 14.3 Å². The molecule has 0 atom stereocenters. The summed E-state index contributed by atoms with van der Waals surface area (Å²) in [7, 11) is 1.57. The number of halogens is 1. The van der Waals surface area contributed by atoms with Gasteiger partial charge in [-0.2, -0.15) is 0 Å². The van der Waals surface area contributed by atoms with Gasteiger partial charge in [0.15, 0.2) is 17.5 Å². The lowest BCUT2D eigenvalue weighted by Crippen LogP contribution is -2.24. The van der Waals surface area contributed by atoms with Crippen LogP contribution in [0.25, 0.3) is 27.5 Å². The lowest BCUT2D eigenvalue weighted by atomic mass is 9.73. The molecule has 6 rings (SSSR count). The zero-order valence-corrected chi connectivity index (χ0v) is 19.2. The number of ether oxygens (including phenoxy) is 1. The summed E-state index contributed by atoms with van der Waals surface area (Å²) in [5, 5.41) is 12.3. The van der Waals surface area contributed by atoms with E-state index in [0.29, 0.717) is 40.1 Å². The molecule has 0 aromatic heterocycles. The van der Waals surface area contributed by atoms with E-state index in [-0.39, 0.29) is 17.5 Å². The average molecular weight is 500 g/mol. The maximum Gasteiger partial charge on any atom is 0.194 e. The maximum absolute atomic E-state index is 13.7. The first kappa shape index (κ1) is 19.9. The van der Waals surface area contributed by atoms with Crippen molar-refractivity contribution in [1.29, 1.82) is 5.41 Å². The molecular formula is C26H18BrN3O3. The predicted molar refractivity (Wildman–Crippen MR) is 132 cm³/mol. The molecule has 6 nitrogen and oxygen atoms in total. The largest absolute Gasteiger partial charge is 0.497 e. The maximum atomic E-state index is 13.7. The first-order valence-electron chi connectivity index (χ1n) is 10.5. The minimum absolute atomic E-state index is 0.0559. The van der Waals surface area contributed by atoms with Crippen molar-refractivity contribution in [2.24, 2.45) is 5.73 Å². The molecule has 7 heteroatoms. The fraction of sp³-hybridized carbons (Fsp3) is 0.115. The first-order valence-corrected chi connectivity index (χ1v) is 11.3. The number of carbonyl (C=O) groups is 2. The topological polar surface area (TPSA) is 105 Å². The second-order valence-electron chi connectivity index (χ2n) is 8.35. The number of ketones is 2. The number of Topliss-reactive ketones (excluding diaryl/α,β-unsaturated/α-hetero) is 1. The number of benzene rings is 3. The molecule has 0 radical (unpaired) electrons. The molecule has 0 aliphatic heterocycles. The molecule has 0 bridgehead atoms. The van der Waals surface area contributed by atoms with Crippen molar-refractivity contribution in [3.05, 3.63) is 74.8 Å². The van der Waals surface area contributed by atoms with Gasteiger partial charge in [0.2, 0.25) is 0 Å². The Balaban J connectivity index is 1.78. The normalized spacial score (nSPS) is 15.8. The van der Waals surface area contributed by atoms with E-state index < -0.39 is 0 Å². The molecule has 0 saturated heterocycles.